The normalized spacial score (nSPS) is 14.8. The third kappa shape index (κ3) is 4.90. The smallest absolute Gasteiger partial charge is 0.259 e. The monoisotopic (exact) mass is 483 g/mol. The van der Waals surface area contributed by atoms with Crippen molar-refractivity contribution in [2.75, 3.05) is 42.5 Å². The molecule has 0 saturated carbocycles. The minimum absolute atomic E-state index is 0.0764. The standard InChI is InChI=1S/C25H26ClN3O3S/c1-2-29(21-11-7-4-8-12-21)25(30)23-19-22(13-14-24(23)26)33(31,32)28-17-15-27(16-18-28)20-9-5-3-6-10-20/h3-14,19H,2,15-18H2,1H3. The summed E-state index contributed by atoms with van der Waals surface area (Å²) in [5.74, 6) is -0.334. The van der Waals surface area contributed by atoms with Crippen molar-refractivity contribution in [2.45, 2.75) is 11.8 Å². The average molecular weight is 484 g/mol. The summed E-state index contributed by atoms with van der Waals surface area (Å²) in [5.41, 5.74) is 1.98. The molecule has 0 spiro atoms. The molecule has 1 saturated heterocycles. The number of hydrogen-bond donors (Lipinski definition) is 0. The second-order valence-electron chi connectivity index (χ2n) is 7.75. The number of rotatable bonds is 6. The Bertz CT molecular complexity index is 1210. The number of carbonyl (C=O) groups excluding carboxylic acids is 1. The van der Waals surface area contributed by atoms with Crippen LogP contribution in [0.2, 0.25) is 5.02 Å². The third-order valence-electron chi connectivity index (χ3n) is 5.80. The summed E-state index contributed by atoms with van der Waals surface area (Å²) in [6, 6.07) is 23.5. The number of amides is 1. The highest BCUT2D eigenvalue weighted by molar-refractivity contribution is 7.89. The molecule has 1 aliphatic heterocycles. The summed E-state index contributed by atoms with van der Waals surface area (Å²) in [5, 5.41) is 0.224. The molecule has 1 heterocycles. The Labute approximate surface area is 200 Å². The maximum atomic E-state index is 13.4. The van der Waals surface area contributed by atoms with E-state index in [4.69, 9.17) is 11.6 Å². The lowest BCUT2D eigenvalue weighted by Gasteiger charge is -2.35. The van der Waals surface area contributed by atoms with Gasteiger partial charge in [-0.15, -0.1) is 0 Å². The number of sulfonamides is 1. The van der Waals surface area contributed by atoms with Gasteiger partial charge < -0.3 is 9.80 Å². The van der Waals surface area contributed by atoms with Gasteiger partial charge in [-0.2, -0.15) is 4.31 Å². The van der Waals surface area contributed by atoms with Crippen LogP contribution < -0.4 is 9.80 Å². The first-order valence-electron chi connectivity index (χ1n) is 10.9. The topological polar surface area (TPSA) is 60.9 Å². The lowest BCUT2D eigenvalue weighted by Crippen LogP contribution is -2.48. The molecular formula is C25H26ClN3O3S. The summed E-state index contributed by atoms with van der Waals surface area (Å²) in [4.78, 5) is 17.1. The van der Waals surface area contributed by atoms with Gasteiger partial charge in [0, 0.05) is 44.1 Å². The number of para-hydroxylation sites is 2. The molecule has 6 nitrogen and oxygen atoms in total. The maximum Gasteiger partial charge on any atom is 0.259 e. The summed E-state index contributed by atoms with van der Waals surface area (Å²) < 4.78 is 28.2. The first-order valence-corrected chi connectivity index (χ1v) is 12.7. The van der Waals surface area contributed by atoms with Crippen molar-refractivity contribution < 1.29 is 13.2 Å². The Morgan fingerprint density at radius 3 is 2.12 bits per heavy atom. The van der Waals surface area contributed by atoms with Crippen molar-refractivity contribution in [1.82, 2.24) is 4.31 Å². The minimum Gasteiger partial charge on any atom is -0.369 e. The van der Waals surface area contributed by atoms with Crippen LogP contribution in [0.15, 0.2) is 83.8 Å². The van der Waals surface area contributed by atoms with E-state index >= 15 is 0 Å². The Hall–Kier alpha value is -2.87. The van der Waals surface area contributed by atoms with Gasteiger partial charge in [0.1, 0.15) is 0 Å². The van der Waals surface area contributed by atoms with Gasteiger partial charge in [0.2, 0.25) is 10.0 Å². The molecule has 1 amide bonds. The molecule has 0 unspecified atom stereocenters. The van der Waals surface area contributed by atoms with Crippen LogP contribution in [-0.2, 0) is 10.0 Å². The van der Waals surface area contributed by atoms with Crippen molar-refractivity contribution in [3.63, 3.8) is 0 Å². The van der Waals surface area contributed by atoms with Crippen LogP contribution in [0.5, 0.6) is 0 Å². The van der Waals surface area contributed by atoms with Crippen LogP contribution in [0, 0.1) is 0 Å². The third-order valence-corrected chi connectivity index (χ3v) is 8.02. The fourth-order valence-electron chi connectivity index (χ4n) is 4.00. The van der Waals surface area contributed by atoms with Crippen LogP contribution in [0.1, 0.15) is 17.3 Å². The molecule has 4 rings (SSSR count). The van der Waals surface area contributed by atoms with E-state index < -0.39 is 10.0 Å². The SMILES string of the molecule is CCN(C(=O)c1cc(S(=O)(=O)N2CCN(c3ccccc3)CC2)ccc1Cl)c1ccccc1. The Morgan fingerprint density at radius 1 is 0.909 bits per heavy atom. The van der Waals surface area contributed by atoms with E-state index in [0.717, 1.165) is 11.4 Å². The summed E-state index contributed by atoms with van der Waals surface area (Å²) in [6.45, 7) is 4.23. The van der Waals surface area contributed by atoms with Gasteiger partial charge >= 0.3 is 0 Å². The lowest BCUT2D eigenvalue weighted by atomic mass is 10.1. The van der Waals surface area contributed by atoms with Crippen molar-refractivity contribution in [3.05, 3.63) is 89.4 Å². The van der Waals surface area contributed by atoms with Crippen molar-refractivity contribution in [2.24, 2.45) is 0 Å². The predicted molar refractivity (Wildman–Crippen MR) is 133 cm³/mol. The Morgan fingerprint density at radius 2 is 1.52 bits per heavy atom. The van der Waals surface area contributed by atoms with Gasteiger partial charge in [-0.1, -0.05) is 48.0 Å². The molecule has 0 radical (unpaired) electrons. The molecule has 33 heavy (non-hydrogen) atoms. The molecule has 0 atom stereocenters. The van der Waals surface area contributed by atoms with Gasteiger partial charge in [0.25, 0.3) is 5.91 Å². The minimum atomic E-state index is -3.76. The van der Waals surface area contributed by atoms with Gasteiger partial charge in [-0.05, 0) is 49.4 Å². The molecule has 3 aromatic rings. The summed E-state index contributed by atoms with van der Waals surface area (Å²) in [7, 11) is -3.76. The second kappa shape index (κ2) is 9.95. The van der Waals surface area contributed by atoms with E-state index in [0.29, 0.717) is 32.7 Å². The number of anilines is 2. The highest BCUT2D eigenvalue weighted by Crippen LogP contribution is 2.27. The Balaban J connectivity index is 1.56. The molecule has 0 aliphatic carbocycles. The molecule has 1 aliphatic rings. The molecule has 0 aromatic heterocycles. The van der Waals surface area contributed by atoms with E-state index in [1.807, 2.05) is 67.6 Å². The van der Waals surface area contributed by atoms with Crippen LogP contribution in [0.25, 0.3) is 0 Å². The van der Waals surface area contributed by atoms with Gasteiger partial charge in [-0.3, -0.25) is 4.79 Å². The fraction of sp³-hybridized carbons (Fsp3) is 0.240. The fourth-order valence-corrected chi connectivity index (χ4v) is 5.65. The number of nitrogens with zero attached hydrogens (tertiary/aromatic N) is 3. The molecule has 8 heteroatoms. The number of hydrogen-bond acceptors (Lipinski definition) is 4. The largest absolute Gasteiger partial charge is 0.369 e. The zero-order chi connectivity index (χ0) is 23.4. The lowest BCUT2D eigenvalue weighted by molar-refractivity contribution is 0.0988. The summed E-state index contributed by atoms with van der Waals surface area (Å²) in [6.07, 6.45) is 0. The maximum absolute atomic E-state index is 13.4. The van der Waals surface area contributed by atoms with Crippen molar-refractivity contribution in [1.29, 1.82) is 0 Å². The zero-order valence-electron chi connectivity index (χ0n) is 18.4. The molecule has 0 bridgehead atoms. The highest BCUT2D eigenvalue weighted by atomic mass is 35.5. The average Bonchev–Trinajstić information content (AvgIpc) is 2.86. The van der Waals surface area contributed by atoms with Crippen LogP contribution >= 0.6 is 11.6 Å². The van der Waals surface area contributed by atoms with Crippen LogP contribution in [-0.4, -0.2) is 51.4 Å². The number of benzene rings is 3. The molecule has 3 aromatic carbocycles. The molecule has 1 fully saturated rings. The molecule has 172 valence electrons. The van der Waals surface area contributed by atoms with Crippen molar-refractivity contribution >= 4 is 38.9 Å². The predicted octanol–water partition coefficient (Wildman–Crippen LogP) is 4.52. The molecular weight excluding hydrogens is 458 g/mol. The molecule has 0 N–H and O–H groups in total. The summed E-state index contributed by atoms with van der Waals surface area (Å²) >= 11 is 6.34. The van der Waals surface area contributed by atoms with Gasteiger partial charge in [0.05, 0.1) is 15.5 Å². The van der Waals surface area contributed by atoms with E-state index in [1.54, 1.807) is 4.90 Å². The van der Waals surface area contributed by atoms with E-state index in [9.17, 15) is 13.2 Å². The van der Waals surface area contributed by atoms with E-state index in [2.05, 4.69) is 4.90 Å². The first kappa shape index (κ1) is 23.3. The van der Waals surface area contributed by atoms with Gasteiger partial charge in [-0.25, -0.2) is 8.42 Å². The van der Waals surface area contributed by atoms with Crippen LogP contribution in [0.3, 0.4) is 0 Å². The van der Waals surface area contributed by atoms with E-state index in [-0.39, 0.29) is 21.4 Å². The second-order valence-corrected chi connectivity index (χ2v) is 10.1. The zero-order valence-corrected chi connectivity index (χ0v) is 20.0. The van der Waals surface area contributed by atoms with E-state index in [1.165, 1.54) is 22.5 Å². The van der Waals surface area contributed by atoms with Crippen LogP contribution in [0.4, 0.5) is 11.4 Å². The number of piperazine rings is 1. The quantitative estimate of drug-likeness (QED) is 0.517. The first-order chi connectivity index (χ1) is 15.9. The Kier molecular flexibility index (Phi) is 7.02. The highest BCUT2D eigenvalue weighted by Gasteiger charge is 2.30. The number of carbonyl (C=O) groups is 1. The van der Waals surface area contributed by atoms with Crippen molar-refractivity contribution in [3.8, 4) is 0 Å². The number of halogens is 1. The van der Waals surface area contributed by atoms with Gasteiger partial charge in [0.15, 0.2) is 0 Å².